The van der Waals surface area contributed by atoms with Gasteiger partial charge in [-0.2, -0.15) is 4.31 Å². The quantitative estimate of drug-likeness (QED) is 0.841. The maximum Gasteiger partial charge on any atom is 0.321 e. The molecule has 0 radical (unpaired) electrons. The lowest BCUT2D eigenvalue weighted by Crippen LogP contribution is -2.49. The minimum Gasteiger partial charge on any atom is -0.378 e. The monoisotopic (exact) mass is 382 g/mol. The van der Waals surface area contributed by atoms with Crippen LogP contribution in [0, 0.1) is 0 Å². The van der Waals surface area contributed by atoms with Crippen molar-refractivity contribution in [2.45, 2.75) is 6.92 Å². The van der Waals surface area contributed by atoms with E-state index in [-0.39, 0.29) is 11.8 Å². The summed E-state index contributed by atoms with van der Waals surface area (Å²) in [6.07, 6.45) is 0. The van der Waals surface area contributed by atoms with Gasteiger partial charge in [-0.3, -0.25) is 0 Å². The SMILES string of the molecule is CCS(=O)(=O)N1CCN(c2ccc(NC(=O)N3CCOCC3)cc2)CC1. The predicted molar refractivity (Wildman–Crippen MR) is 101 cm³/mol. The fourth-order valence-corrected chi connectivity index (χ4v) is 4.22. The van der Waals surface area contributed by atoms with Gasteiger partial charge < -0.3 is 19.9 Å². The summed E-state index contributed by atoms with van der Waals surface area (Å²) in [7, 11) is -3.11. The smallest absolute Gasteiger partial charge is 0.321 e. The molecule has 0 aromatic heterocycles. The molecule has 2 aliphatic rings. The van der Waals surface area contributed by atoms with Crippen LogP contribution in [0.4, 0.5) is 16.2 Å². The highest BCUT2D eigenvalue weighted by molar-refractivity contribution is 7.89. The molecule has 144 valence electrons. The van der Waals surface area contributed by atoms with E-state index in [0.29, 0.717) is 52.5 Å². The number of anilines is 2. The first kappa shape index (κ1) is 18.9. The van der Waals surface area contributed by atoms with E-state index in [9.17, 15) is 13.2 Å². The highest BCUT2D eigenvalue weighted by Crippen LogP contribution is 2.20. The fourth-order valence-electron chi connectivity index (χ4n) is 3.13. The molecule has 8 nitrogen and oxygen atoms in total. The first-order valence-electron chi connectivity index (χ1n) is 8.96. The van der Waals surface area contributed by atoms with Gasteiger partial charge in [0.25, 0.3) is 0 Å². The first-order valence-corrected chi connectivity index (χ1v) is 10.6. The second-order valence-electron chi connectivity index (χ2n) is 6.36. The lowest BCUT2D eigenvalue weighted by atomic mass is 10.2. The van der Waals surface area contributed by atoms with Crippen molar-refractivity contribution in [1.82, 2.24) is 9.21 Å². The molecule has 0 bridgehead atoms. The second kappa shape index (κ2) is 8.24. The van der Waals surface area contributed by atoms with Crippen LogP contribution >= 0.6 is 0 Å². The maximum absolute atomic E-state index is 12.2. The summed E-state index contributed by atoms with van der Waals surface area (Å²) >= 11 is 0. The van der Waals surface area contributed by atoms with Crippen molar-refractivity contribution in [2.75, 3.05) is 68.5 Å². The summed E-state index contributed by atoms with van der Waals surface area (Å²) in [6.45, 7) is 6.38. The summed E-state index contributed by atoms with van der Waals surface area (Å²) < 4.78 is 30.7. The summed E-state index contributed by atoms with van der Waals surface area (Å²) in [6, 6.07) is 7.56. The fraction of sp³-hybridized carbons (Fsp3) is 0.588. The Kier molecular flexibility index (Phi) is 6.00. The van der Waals surface area contributed by atoms with Crippen LogP contribution in [0.3, 0.4) is 0 Å². The molecule has 2 saturated heterocycles. The lowest BCUT2D eigenvalue weighted by molar-refractivity contribution is 0.0564. The molecule has 3 rings (SSSR count). The number of ether oxygens (including phenoxy) is 1. The molecule has 1 aromatic rings. The largest absolute Gasteiger partial charge is 0.378 e. The van der Waals surface area contributed by atoms with E-state index < -0.39 is 10.0 Å². The van der Waals surface area contributed by atoms with Crippen molar-refractivity contribution >= 4 is 27.4 Å². The molecule has 26 heavy (non-hydrogen) atoms. The maximum atomic E-state index is 12.2. The second-order valence-corrected chi connectivity index (χ2v) is 8.62. The highest BCUT2D eigenvalue weighted by atomic mass is 32.2. The molecule has 0 aliphatic carbocycles. The molecule has 1 N–H and O–H groups in total. The summed E-state index contributed by atoms with van der Waals surface area (Å²) in [4.78, 5) is 16.1. The van der Waals surface area contributed by atoms with Crippen LogP contribution < -0.4 is 10.2 Å². The average molecular weight is 382 g/mol. The van der Waals surface area contributed by atoms with E-state index in [1.54, 1.807) is 16.1 Å². The minimum atomic E-state index is -3.11. The average Bonchev–Trinajstić information content (AvgIpc) is 2.69. The third-order valence-electron chi connectivity index (χ3n) is 4.78. The number of benzene rings is 1. The van der Waals surface area contributed by atoms with Gasteiger partial charge in [-0.05, 0) is 31.2 Å². The molecule has 9 heteroatoms. The molecular formula is C17H26N4O4S. The summed E-state index contributed by atoms with van der Waals surface area (Å²) in [5, 5.41) is 2.90. The number of morpholine rings is 1. The Morgan fingerprint density at radius 2 is 1.65 bits per heavy atom. The van der Waals surface area contributed by atoms with E-state index in [2.05, 4.69) is 10.2 Å². The Bertz CT molecular complexity index is 709. The van der Waals surface area contributed by atoms with Crippen LogP contribution in [0.2, 0.25) is 0 Å². The standard InChI is InChI=1S/C17H26N4O4S/c1-2-26(23,24)21-9-7-19(8-10-21)16-5-3-15(4-6-16)18-17(22)20-11-13-25-14-12-20/h3-6H,2,7-14H2,1H3,(H,18,22). The van der Waals surface area contributed by atoms with Crippen molar-refractivity contribution in [1.29, 1.82) is 0 Å². The molecule has 0 saturated carbocycles. The number of sulfonamides is 1. The number of amides is 2. The van der Waals surface area contributed by atoms with Gasteiger partial charge in [-0.15, -0.1) is 0 Å². The number of carbonyl (C=O) groups excluding carboxylic acids is 1. The van der Waals surface area contributed by atoms with Gasteiger partial charge in [0.15, 0.2) is 0 Å². The van der Waals surface area contributed by atoms with E-state index in [1.165, 1.54) is 0 Å². The molecular weight excluding hydrogens is 356 g/mol. The van der Waals surface area contributed by atoms with E-state index in [0.717, 1.165) is 11.4 Å². The number of rotatable bonds is 4. The zero-order valence-electron chi connectivity index (χ0n) is 15.1. The topological polar surface area (TPSA) is 82.2 Å². The Labute approximate surface area is 154 Å². The molecule has 2 aliphatic heterocycles. The van der Waals surface area contributed by atoms with Crippen LogP contribution in [0.25, 0.3) is 0 Å². The third-order valence-corrected chi connectivity index (χ3v) is 6.66. The summed E-state index contributed by atoms with van der Waals surface area (Å²) in [5.41, 5.74) is 1.78. The Morgan fingerprint density at radius 1 is 1.04 bits per heavy atom. The number of hydrogen-bond donors (Lipinski definition) is 1. The van der Waals surface area contributed by atoms with Gasteiger partial charge in [-0.25, -0.2) is 13.2 Å². The van der Waals surface area contributed by atoms with Crippen molar-refractivity contribution in [2.24, 2.45) is 0 Å². The van der Waals surface area contributed by atoms with Crippen LogP contribution in [0.15, 0.2) is 24.3 Å². The third kappa shape index (κ3) is 4.46. The van der Waals surface area contributed by atoms with Crippen LogP contribution in [-0.4, -0.2) is 81.9 Å². The Morgan fingerprint density at radius 3 is 2.23 bits per heavy atom. The van der Waals surface area contributed by atoms with Gasteiger partial charge in [0.2, 0.25) is 10.0 Å². The van der Waals surface area contributed by atoms with Gasteiger partial charge >= 0.3 is 6.03 Å². The molecule has 0 unspecified atom stereocenters. The molecule has 0 spiro atoms. The molecule has 1 aromatic carbocycles. The van der Waals surface area contributed by atoms with Gasteiger partial charge in [-0.1, -0.05) is 0 Å². The Balaban J connectivity index is 1.54. The number of nitrogens with one attached hydrogen (secondary N) is 1. The van der Waals surface area contributed by atoms with Crippen molar-refractivity contribution < 1.29 is 17.9 Å². The molecule has 2 heterocycles. The molecule has 2 amide bonds. The number of piperazine rings is 1. The van der Waals surface area contributed by atoms with Gasteiger partial charge in [0.1, 0.15) is 0 Å². The zero-order chi connectivity index (χ0) is 18.6. The molecule has 0 atom stereocenters. The number of urea groups is 1. The van der Waals surface area contributed by atoms with Crippen LogP contribution in [-0.2, 0) is 14.8 Å². The van der Waals surface area contributed by atoms with E-state index in [4.69, 9.17) is 4.74 Å². The highest BCUT2D eigenvalue weighted by Gasteiger charge is 2.25. The van der Waals surface area contributed by atoms with Crippen molar-refractivity contribution in [3.8, 4) is 0 Å². The zero-order valence-corrected chi connectivity index (χ0v) is 15.9. The Hall–Kier alpha value is -1.84. The summed E-state index contributed by atoms with van der Waals surface area (Å²) in [5.74, 6) is 0.143. The van der Waals surface area contributed by atoms with Crippen LogP contribution in [0.1, 0.15) is 6.92 Å². The van der Waals surface area contributed by atoms with Crippen LogP contribution in [0.5, 0.6) is 0 Å². The minimum absolute atomic E-state index is 0.112. The predicted octanol–water partition coefficient (Wildman–Crippen LogP) is 1.02. The first-order chi connectivity index (χ1) is 12.5. The number of hydrogen-bond acceptors (Lipinski definition) is 5. The lowest BCUT2D eigenvalue weighted by Gasteiger charge is -2.35. The van der Waals surface area contributed by atoms with E-state index >= 15 is 0 Å². The normalized spacial score (nSPS) is 19.4. The molecule has 2 fully saturated rings. The number of nitrogens with zero attached hydrogens (tertiary/aromatic N) is 3. The van der Waals surface area contributed by atoms with Gasteiger partial charge in [0.05, 0.1) is 19.0 Å². The van der Waals surface area contributed by atoms with E-state index in [1.807, 2.05) is 24.3 Å². The van der Waals surface area contributed by atoms with Gasteiger partial charge in [0, 0.05) is 50.6 Å². The van der Waals surface area contributed by atoms with Crippen molar-refractivity contribution in [3.05, 3.63) is 24.3 Å². The van der Waals surface area contributed by atoms with Crippen molar-refractivity contribution in [3.63, 3.8) is 0 Å². The number of carbonyl (C=O) groups is 1.